The van der Waals surface area contributed by atoms with Crippen LogP contribution in [0.25, 0.3) is 197 Å². The molecule has 0 radical (unpaired) electrons. The Balaban J connectivity index is 0.000000136. The van der Waals surface area contributed by atoms with Gasteiger partial charge in [0, 0.05) is 67.6 Å². The zero-order valence-corrected chi connectivity index (χ0v) is 53.9. The van der Waals surface area contributed by atoms with E-state index in [1.165, 1.54) is 108 Å². The Labute approximate surface area is 574 Å². The molecule has 460 valence electrons. The molecule has 6 heteroatoms. The lowest BCUT2D eigenvalue weighted by atomic mass is 9.88. The second-order valence-corrected chi connectivity index (χ2v) is 26.2. The molecular formula is C94H54N6. The van der Waals surface area contributed by atoms with Gasteiger partial charge in [0.2, 0.25) is 0 Å². The highest BCUT2D eigenvalue weighted by Gasteiger charge is 2.23. The van der Waals surface area contributed by atoms with Gasteiger partial charge in [-0.1, -0.05) is 212 Å². The van der Waals surface area contributed by atoms with Crippen LogP contribution in [0, 0.1) is 22.7 Å². The van der Waals surface area contributed by atoms with Crippen LogP contribution in [0.5, 0.6) is 0 Å². The molecule has 0 saturated carbocycles. The number of para-hydroxylation sites is 2. The summed E-state index contributed by atoms with van der Waals surface area (Å²) in [6.07, 6.45) is 4.04. The molecule has 21 rings (SSSR count). The van der Waals surface area contributed by atoms with E-state index in [1.807, 2.05) is 48.8 Å². The van der Waals surface area contributed by atoms with Gasteiger partial charge in [-0.05, 0) is 212 Å². The van der Waals surface area contributed by atoms with E-state index in [1.54, 1.807) is 0 Å². The summed E-state index contributed by atoms with van der Waals surface area (Å²) in [5, 5.41) is 43.9. The minimum atomic E-state index is 0.656. The van der Waals surface area contributed by atoms with Crippen LogP contribution in [0.15, 0.2) is 328 Å². The van der Waals surface area contributed by atoms with Gasteiger partial charge in [0.25, 0.3) is 0 Å². The zero-order valence-electron chi connectivity index (χ0n) is 53.9. The number of fused-ring (bicyclic) bond motifs is 10. The van der Waals surface area contributed by atoms with E-state index in [2.05, 4.69) is 300 Å². The number of hydrogen-bond donors (Lipinski definition) is 0. The Kier molecular flexibility index (Phi) is 12.7. The number of nitriles is 2. The monoisotopic (exact) mass is 1270 g/mol. The van der Waals surface area contributed by atoms with Crippen molar-refractivity contribution in [3.8, 4) is 79.4 Å². The lowest BCUT2D eigenvalue weighted by molar-refractivity contribution is 1.18. The maximum absolute atomic E-state index is 9.89. The first-order valence-corrected chi connectivity index (χ1v) is 33.8. The predicted molar refractivity (Wildman–Crippen MR) is 416 cm³/mol. The number of pyridine rings is 2. The van der Waals surface area contributed by atoms with Gasteiger partial charge in [0.05, 0.1) is 56.7 Å². The highest BCUT2D eigenvalue weighted by atomic mass is 15.0. The minimum Gasteiger partial charge on any atom is -0.309 e. The maximum atomic E-state index is 9.89. The molecule has 0 aliphatic carbocycles. The van der Waals surface area contributed by atoms with Crippen LogP contribution in [0.3, 0.4) is 0 Å². The molecule has 0 fully saturated rings. The molecule has 4 aromatic heterocycles. The summed E-state index contributed by atoms with van der Waals surface area (Å²) in [5.41, 5.74) is 18.7. The Morgan fingerprint density at radius 2 is 0.570 bits per heavy atom. The second-order valence-electron chi connectivity index (χ2n) is 26.2. The van der Waals surface area contributed by atoms with Crippen LogP contribution in [-0.2, 0) is 0 Å². The summed E-state index contributed by atoms with van der Waals surface area (Å²) in [7, 11) is 0. The Morgan fingerprint density at radius 1 is 0.230 bits per heavy atom. The lowest BCUT2D eigenvalue weighted by Crippen LogP contribution is -1.94. The van der Waals surface area contributed by atoms with Gasteiger partial charge in [-0.3, -0.25) is 9.97 Å². The lowest BCUT2D eigenvalue weighted by Gasteiger charge is -2.16. The minimum absolute atomic E-state index is 0.656. The first-order valence-electron chi connectivity index (χ1n) is 33.8. The van der Waals surface area contributed by atoms with Gasteiger partial charge in [0.1, 0.15) is 0 Å². The summed E-state index contributed by atoms with van der Waals surface area (Å²) in [6, 6.07) is 117. The topological polar surface area (TPSA) is 83.2 Å². The SMILES string of the molecule is N#Cc1cc2ccc3cc(-c4ccc(-c5cc6c7ccccc7c(-c7ccccc7)cc6c6ccccc56)cn4)cc4c3c2c(c1)n4-c1ccccc1.N#Cc1cc2ccc3cc(-c4ccc(-c5cc6c7ccccc7ccc6c6ccccc56)cn4)cc4c3c2c(c1)n4-c1ccccc1. The molecule has 0 aliphatic rings. The largest absolute Gasteiger partial charge is 0.309 e. The summed E-state index contributed by atoms with van der Waals surface area (Å²) in [6.45, 7) is 0. The molecule has 0 unspecified atom stereocenters. The molecule has 0 N–H and O–H groups in total. The summed E-state index contributed by atoms with van der Waals surface area (Å²) < 4.78 is 4.58. The molecule has 4 heterocycles. The van der Waals surface area contributed by atoms with Crippen LogP contribution >= 0.6 is 0 Å². The smallest absolute Gasteiger partial charge is 0.0992 e. The molecule has 0 atom stereocenters. The fourth-order valence-corrected chi connectivity index (χ4v) is 16.3. The van der Waals surface area contributed by atoms with Crippen molar-refractivity contribution < 1.29 is 0 Å². The van der Waals surface area contributed by atoms with Gasteiger partial charge in [-0.2, -0.15) is 10.5 Å². The molecule has 6 nitrogen and oxygen atoms in total. The van der Waals surface area contributed by atoms with Crippen molar-refractivity contribution in [1.82, 2.24) is 19.1 Å². The van der Waals surface area contributed by atoms with E-state index in [9.17, 15) is 10.5 Å². The van der Waals surface area contributed by atoms with E-state index in [0.717, 1.165) is 88.6 Å². The molecule has 17 aromatic carbocycles. The number of benzene rings is 17. The summed E-state index contributed by atoms with van der Waals surface area (Å²) >= 11 is 0. The van der Waals surface area contributed by atoms with Crippen molar-refractivity contribution in [3.05, 3.63) is 339 Å². The van der Waals surface area contributed by atoms with Crippen molar-refractivity contribution >= 4 is 130 Å². The molecular weight excluding hydrogens is 1210 g/mol. The van der Waals surface area contributed by atoms with Crippen molar-refractivity contribution in [1.29, 1.82) is 10.5 Å². The molecule has 0 saturated heterocycles. The average Bonchev–Trinajstić information content (AvgIpc) is 1.52. The van der Waals surface area contributed by atoms with E-state index in [4.69, 9.17) is 9.97 Å². The number of aromatic nitrogens is 4. The fourth-order valence-electron chi connectivity index (χ4n) is 16.3. The van der Waals surface area contributed by atoms with Crippen molar-refractivity contribution in [2.24, 2.45) is 0 Å². The number of hydrogen-bond acceptors (Lipinski definition) is 4. The van der Waals surface area contributed by atoms with Crippen molar-refractivity contribution in [3.63, 3.8) is 0 Å². The molecule has 0 amide bonds. The molecule has 21 aromatic rings. The Morgan fingerprint density at radius 3 is 1.00 bits per heavy atom. The Bertz CT molecular complexity index is 7000. The van der Waals surface area contributed by atoms with Gasteiger partial charge in [-0.15, -0.1) is 0 Å². The third kappa shape index (κ3) is 8.82. The van der Waals surface area contributed by atoms with Crippen LogP contribution in [0.1, 0.15) is 11.1 Å². The first-order chi connectivity index (χ1) is 49.5. The van der Waals surface area contributed by atoms with Crippen molar-refractivity contribution in [2.75, 3.05) is 0 Å². The van der Waals surface area contributed by atoms with E-state index in [0.29, 0.717) is 11.1 Å². The van der Waals surface area contributed by atoms with Gasteiger partial charge >= 0.3 is 0 Å². The summed E-state index contributed by atoms with van der Waals surface area (Å²) in [5.74, 6) is 0. The molecule has 0 bridgehead atoms. The Hall–Kier alpha value is -13.8. The number of rotatable bonds is 7. The third-order valence-electron chi connectivity index (χ3n) is 20.7. The van der Waals surface area contributed by atoms with Crippen LogP contribution in [-0.4, -0.2) is 19.1 Å². The maximum Gasteiger partial charge on any atom is 0.0992 e. The quantitative estimate of drug-likeness (QED) is 0.149. The predicted octanol–water partition coefficient (Wildman–Crippen LogP) is 24.5. The zero-order chi connectivity index (χ0) is 66.1. The van der Waals surface area contributed by atoms with Crippen LogP contribution in [0.2, 0.25) is 0 Å². The van der Waals surface area contributed by atoms with E-state index < -0.39 is 0 Å². The van der Waals surface area contributed by atoms with E-state index >= 15 is 0 Å². The number of nitrogens with zero attached hydrogens (tertiary/aromatic N) is 6. The average molecular weight is 1270 g/mol. The van der Waals surface area contributed by atoms with Gasteiger partial charge < -0.3 is 9.13 Å². The standard InChI is InChI=1S/C50H29N3.C44H25N3/c51-29-31-23-33-19-20-34-25-36(26-48-50(34)49(33)47(24-31)53(48)37-13-5-2-6-14-37)46-22-21-35(30-52-46)43-28-45-40-17-9-7-15-38(40)42(32-11-3-1-4-12-32)27-44(45)41-18-10-8-16-39(41)43;45-25-27-20-29-14-15-30-22-32(23-42-44(30)43(29)41(21-27)47(42)33-9-2-1-3-10-33)40-19-17-31(26-46-40)38-24-39-34-11-5-4-8-28(34)16-18-37(39)35-12-6-7-13-36(35)38/h1-28,30H;1-24,26H. The summed E-state index contributed by atoms with van der Waals surface area (Å²) in [4.78, 5) is 10.2. The van der Waals surface area contributed by atoms with Gasteiger partial charge in [0.15, 0.2) is 0 Å². The van der Waals surface area contributed by atoms with Gasteiger partial charge in [-0.25, -0.2) is 0 Å². The first kappa shape index (κ1) is 56.6. The molecule has 100 heavy (non-hydrogen) atoms. The van der Waals surface area contributed by atoms with Crippen LogP contribution < -0.4 is 0 Å². The third-order valence-corrected chi connectivity index (χ3v) is 20.7. The molecule has 0 aliphatic heterocycles. The molecule has 0 spiro atoms. The second kappa shape index (κ2) is 22.4. The normalized spacial score (nSPS) is 11.8. The highest BCUT2D eigenvalue weighted by molar-refractivity contribution is 6.28. The van der Waals surface area contributed by atoms with E-state index in [-0.39, 0.29) is 0 Å². The highest BCUT2D eigenvalue weighted by Crippen LogP contribution is 2.47. The van der Waals surface area contributed by atoms with Crippen molar-refractivity contribution in [2.45, 2.75) is 0 Å². The fraction of sp³-hybridized carbons (Fsp3) is 0. The van der Waals surface area contributed by atoms with Crippen LogP contribution in [0.4, 0.5) is 0 Å².